The van der Waals surface area contributed by atoms with Gasteiger partial charge in [-0.2, -0.15) is 5.10 Å². The van der Waals surface area contributed by atoms with Crippen LogP contribution in [0.25, 0.3) is 0 Å². The van der Waals surface area contributed by atoms with Crippen LogP contribution in [0.15, 0.2) is 47.6 Å². The van der Waals surface area contributed by atoms with Crippen LogP contribution in [-0.2, 0) is 0 Å². The number of anilines is 1. The molecule has 6 nitrogen and oxygen atoms in total. The standard InChI is InChI=1S/C19H22N2O4/c1-13(2)12-25-17-9-4-14(10-18(17)24-3)11-20-21-16-7-5-15(6-8-16)19(22)23/h4-11,13,21H,12H2,1-3H3,(H,22,23)/b20-11-. The highest BCUT2D eigenvalue weighted by atomic mass is 16.5. The Morgan fingerprint density at radius 3 is 2.52 bits per heavy atom. The van der Waals surface area contributed by atoms with Gasteiger partial charge in [-0.1, -0.05) is 13.8 Å². The highest BCUT2D eigenvalue weighted by molar-refractivity contribution is 5.88. The smallest absolute Gasteiger partial charge is 0.335 e. The summed E-state index contributed by atoms with van der Waals surface area (Å²) in [4.78, 5) is 10.8. The number of ether oxygens (including phenoxy) is 2. The van der Waals surface area contributed by atoms with Crippen molar-refractivity contribution >= 4 is 17.9 Å². The molecule has 2 aromatic carbocycles. The van der Waals surface area contributed by atoms with Gasteiger partial charge in [0.05, 0.1) is 31.2 Å². The Hall–Kier alpha value is -3.02. The molecule has 0 aliphatic rings. The largest absolute Gasteiger partial charge is 0.493 e. The van der Waals surface area contributed by atoms with Gasteiger partial charge in [0.15, 0.2) is 11.5 Å². The lowest BCUT2D eigenvalue weighted by atomic mass is 10.2. The van der Waals surface area contributed by atoms with E-state index in [0.717, 1.165) is 5.56 Å². The minimum absolute atomic E-state index is 0.233. The summed E-state index contributed by atoms with van der Waals surface area (Å²) in [5.41, 5.74) is 4.64. The number of carbonyl (C=O) groups is 1. The van der Waals surface area contributed by atoms with Gasteiger partial charge in [0.2, 0.25) is 0 Å². The molecular formula is C19H22N2O4. The zero-order valence-electron chi connectivity index (χ0n) is 14.5. The minimum atomic E-state index is -0.957. The number of carboxylic acids is 1. The van der Waals surface area contributed by atoms with Gasteiger partial charge in [0, 0.05) is 0 Å². The Kier molecular flexibility index (Phi) is 6.39. The van der Waals surface area contributed by atoms with Crippen LogP contribution >= 0.6 is 0 Å². The topological polar surface area (TPSA) is 80.2 Å². The van der Waals surface area contributed by atoms with Crippen molar-refractivity contribution in [3.05, 3.63) is 53.6 Å². The van der Waals surface area contributed by atoms with Crippen LogP contribution in [0.1, 0.15) is 29.8 Å². The summed E-state index contributed by atoms with van der Waals surface area (Å²) >= 11 is 0. The molecule has 132 valence electrons. The first-order valence-electron chi connectivity index (χ1n) is 7.93. The second-order valence-electron chi connectivity index (χ2n) is 5.87. The van der Waals surface area contributed by atoms with Crippen molar-refractivity contribution in [1.29, 1.82) is 0 Å². The highest BCUT2D eigenvalue weighted by Crippen LogP contribution is 2.28. The third kappa shape index (κ3) is 5.53. The van der Waals surface area contributed by atoms with Crippen LogP contribution in [0.5, 0.6) is 11.5 Å². The molecule has 0 saturated carbocycles. The first kappa shape index (κ1) is 18.3. The van der Waals surface area contributed by atoms with Crippen LogP contribution in [-0.4, -0.2) is 31.0 Å². The summed E-state index contributed by atoms with van der Waals surface area (Å²) in [6.45, 7) is 4.79. The molecule has 0 aliphatic carbocycles. The van der Waals surface area contributed by atoms with E-state index in [2.05, 4.69) is 24.4 Å². The van der Waals surface area contributed by atoms with Crippen LogP contribution < -0.4 is 14.9 Å². The highest BCUT2D eigenvalue weighted by Gasteiger charge is 2.06. The average molecular weight is 342 g/mol. The summed E-state index contributed by atoms with van der Waals surface area (Å²) in [7, 11) is 1.60. The average Bonchev–Trinajstić information content (AvgIpc) is 2.60. The third-order valence-corrected chi connectivity index (χ3v) is 3.30. The number of carboxylic acid groups (broad SMARTS) is 1. The molecule has 0 heterocycles. The summed E-state index contributed by atoms with van der Waals surface area (Å²) in [6.07, 6.45) is 1.65. The van der Waals surface area contributed by atoms with E-state index < -0.39 is 5.97 Å². The molecule has 0 fully saturated rings. The minimum Gasteiger partial charge on any atom is -0.493 e. The number of hydrogen-bond acceptors (Lipinski definition) is 5. The van der Waals surface area contributed by atoms with E-state index in [1.807, 2.05) is 18.2 Å². The second kappa shape index (κ2) is 8.73. The van der Waals surface area contributed by atoms with E-state index in [4.69, 9.17) is 14.6 Å². The molecular weight excluding hydrogens is 320 g/mol. The van der Waals surface area contributed by atoms with E-state index >= 15 is 0 Å². The lowest BCUT2D eigenvalue weighted by molar-refractivity contribution is 0.0697. The molecule has 0 spiro atoms. The SMILES string of the molecule is COc1cc(/C=N\Nc2ccc(C(=O)O)cc2)ccc1OCC(C)C. The number of rotatable bonds is 8. The maximum atomic E-state index is 10.8. The molecule has 2 N–H and O–H groups in total. The third-order valence-electron chi connectivity index (χ3n) is 3.30. The molecule has 6 heteroatoms. The van der Waals surface area contributed by atoms with Gasteiger partial charge in [-0.25, -0.2) is 4.79 Å². The van der Waals surface area contributed by atoms with Crippen LogP contribution in [0.4, 0.5) is 5.69 Å². The van der Waals surface area contributed by atoms with E-state index in [1.165, 1.54) is 12.1 Å². The Morgan fingerprint density at radius 1 is 1.20 bits per heavy atom. The first-order valence-corrected chi connectivity index (χ1v) is 7.93. The van der Waals surface area contributed by atoms with Crippen LogP contribution in [0.2, 0.25) is 0 Å². The van der Waals surface area contributed by atoms with Crippen molar-refractivity contribution in [3.8, 4) is 11.5 Å². The van der Waals surface area contributed by atoms with Crippen molar-refractivity contribution in [2.45, 2.75) is 13.8 Å². The predicted molar refractivity (Wildman–Crippen MR) is 97.9 cm³/mol. The zero-order valence-corrected chi connectivity index (χ0v) is 14.5. The van der Waals surface area contributed by atoms with Crippen molar-refractivity contribution in [1.82, 2.24) is 0 Å². The molecule has 0 aromatic heterocycles. The maximum absolute atomic E-state index is 10.8. The Bertz CT molecular complexity index is 740. The van der Waals surface area contributed by atoms with Gasteiger partial charge in [-0.15, -0.1) is 0 Å². The normalized spacial score (nSPS) is 10.9. The second-order valence-corrected chi connectivity index (χ2v) is 5.87. The number of hydrazone groups is 1. The predicted octanol–water partition coefficient (Wildman–Crippen LogP) is 3.87. The Labute approximate surface area is 147 Å². The van der Waals surface area contributed by atoms with Crippen molar-refractivity contribution < 1.29 is 19.4 Å². The summed E-state index contributed by atoms with van der Waals surface area (Å²) in [5, 5.41) is 13.0. The van der Waals surface area contributed by atoms with Crippen LogP contribution in [0.3, 0.4) is 0 Å². The van der Waals surface area contributed by atoms with Gasteiger partial charge >= 0.3 is 5.97 Å². The molecule has 25 heavy (non-hydrogen) atoms. The molecule has 0 bridgehead atoms. The van der Waals surface area contributed by atoms with E-state index in [-0.39, 0.29) is 5.56 Å². The molecule has 0 aliphatic heterocycles. The maximum Gasteiger partial charge on any atom is 0.335 e. The molecule has 2 rings (SSSR count). The fourth-order valence-corrected chi connectivity index (χ4v) is 2.01. The molecule has 0 amide bonds. The summed E-state index contributed by atoms with van der Waals surface area (Å²) < 4.78 is 11.1. The lowest BCUT2D eigenvalue weighted by Gasteiger charge is -2.12. The number of methoxy groups -OCH3 is 1. The number of aromatic carboxylic acids is 1. The zero-order chi connectivity index (χ0) is 18.2. The van der Waals surface area contributed by atoms with Gasteiger partial charge in [0.25, 0.3) is 0 Å². The van der Waals surface area contributed by atoms with Gasteiger partial charge in [-0.3, -0.25) is 5.43 Å². The van der Waals surface area contributed by atoms with Crippen molar-refractivity contribution in [3.63, 3.8) is 0 Å². The quantitative estimate of drug-likeness (QED) is 0.562. The van der Waals surface area contributed by atoms with Gasteiger partial charge < -0.3 is 14.6 Å². The number of nitrogens with zero attached hydrogens (tertiary/aromatic N) is 1. The molecule has 0 unspecified atom stereocenters. The fourth-order valence-electron chi connectivity index (χ4n) is 2.01. The molecule has 0 atom stereocenters. The lowest BCUT2D eigenvalue weighted by Crippen LogP contribution is -2.05. The van der Waals surface area contributed by atoms with E-state index in [9.17, 15) is 4.79 Å². The summed E-state index contributed by atoms with van der Waals surface area (Å²) in [5.74, 6) is 0.825. The number of hydrogen-bond donors (Lipinski definition) is 2. The van der Waals surface area contributed by atoms with Crippen molar-refractivity contribution in [2.24, 2.45) is 11.0 Å². The Balaban J connectivity index is 2.01. The van der Waals surface area contributed by atoms with E-state index in [0.29, 0.717) is 29.7 Å². The molecule has 2 aromatic rings. The fraction of sp³-hybridized carbons (Fsp3) is 0.263. The van der Waals surface area contributed by atoms with Gasteiger partial charge in [0.1, 0.15) is 0 Å². The van der Waals surface area contributed by atoms with E-state index in [1.54, 1.807) is 25.5 Å². The Morgan fingerprint density at radius 2 is 1.92 bits per heavy atom. The van der Waals surface area contributed by atoms with Crippen LogP contribution in [0, 0.1) is 5.92 Å². The molecule has 0 saturated heterocycles. The van der Waals surface area contributed by atoms with Crippen molar-refractivity contribution in [2.75, 3.05) is 19.1 Å². The summed E-state index contributed by atoms with van der Waals surface area (Å²) in [6, 6.07) is 11.9. The van der Waals surface area contributed by atoms with Gasteiger partial charge in [-0.05, 0) is 53.9 Å². The monoisotopic (exact) mass is 342 g/mol. The molecule has 0 radical (unpaired) electrons. The number of benzene rings is 2. The number of nitrogens with one attached hydrogen (secondary N) is 1. The first-order chi connectivity index (χ1) is 12.0.